The third-order valence-electron chi connectivity index (χ3n) is 2.92. The fourth-order valence-corrected chi connectivity index (χ4v) is 1.77. The molecule has 0 spiro atoms. The molecule has 2 rings (SSSR count). The highest BCUT2D eigenvalue weighted by atomic mass is 15.2. The minimum absolute atomic E-state index is 0.431. The first kappa shape index (κ1) is 9.91. The van der Waals surface area contributed by atoms with E-state index in [-0.39, 0.29) is 0 Å². The largest absolute Gasteiger partial charge is 0.359 e. The van der Waals surface area contributed by atoms with Crippen LogP contribution in [0.2, 0.25) is 0 Å². The van der Waals surface area contributed by atoms with E-state index in [4.69, 9.17) is 5.26 Å². The van der Waals surface area contributed by atoms with Crippen LogP contribution in [0.15, 0.2) is 12.4 Å². The van der Waals surface area contributed by atoms with E-state index in [1.54, 1.807) is 6.07 Å². The van der Waals surface area contributed by atoms with Gasteiger partial charge in [-0.2, -0.15) is 5.26 Å². The normalized spacial score (nSPS) is 15.5. The van der Waals surface area contributed by atoms with Gasteiger partial charge in [-0.05, 0) is 18.8 Å². The average Bonchev–Trinajstić information content (AvgIpc) is 2.23. The van der Waals surface area contributed by atoms with Crippen LogP contribution in [0.25, 0.3) is 0 Å². The molecule has 1 aliphatic rings. The summed E-state index contributed by atoms with van der Waals surface area (Å²) in [6.45, 7) is 1.03. The molecule has 0 unspecified atom stereocenters. The van der Waals surface area contributed by atoms with Gasteiger partial charge in [0, 0.05) is 19.7 Å². The van der Waals surface area contributed by atoms with E-state index in [1.807, 2.05) is 13.1 Å². The number of hydrogen-bond acceptors (Lipinski definition) is 4. The van der Waals surface area contributed by atoms with Crippen LogP contribution >= 0.6 is 0 Å². The Morgan fingerprint density at radius 2 is 2.33 bits per heavy atom. The molecule has 0 radical (unpaired) electrons. The zero-order valence-corrected chi connectivity index (χ0v) is 8.85. The standard InChI is InChI=1S/C11H14N4/c1-15(7-9-3-2-4-9)11-5-10(6-12)13-8-14-11/h5,8-9H,2-4,7H2,1H3. The molecule has 1 heterocycles. The van der Waals surface area contributed by atoms with E-state index in [0.717, 1.165) is 18.3 Å². The van der Waals surface area contributed by atoms with E-state index < -0.39 is 0 Å². The number of nitriles is 1. The van der Waals surface area contributed by atoms with Gasteiger partial charge >= 0.3 is 0 Å². The van der Waals surface area contributed by atoms with Crippen molar-refractivity contribution in [2.24, 2.45) is 5.92 Å². The van der Waals surface area contributed by atoms with Gasteiger partial charge < -0.3 is 4.90 Å². The molecule has 0 aliphatic heterocycles. The topological polar surface area (TPSA) is 52.8 Å². The van der Waals surface area contributed by atoms with Gasteiger partial charge in [-0.25, -0.2) is 9.97 Å². The van der Waals surface area contributed by atoms with E-state index in [1.165, 1.54) is 25.6 Å². The van der Waals surface area contributed by atoms with Crippen molar-refractivity contribution in [3.8, 4) is 6.07 Å². The lowest BCUT2D eigenvalue weighted by atomic mass is 9.85. The van der Waals surface area contributed by atoms with Crippen LogP contribution in [0.4, 0.5) is 5.82 Å². The molecule has 0 aromatic carbocycles. The molecule has 4 heteroatoms. The highest BCUT2D eigenvalue weighted by molar-refractivity contribution is 5.41. The third-order valence-corrected chi connectivity index (χ3v) is 2.92. The summed E-state index contributed by atoms with van der Waals surface area (Å²) < 4.78 is 0. The van der Waals surface area contributed by atoms with Crippen molar-refractivity contribution in [1.29, 1.82) is 5.26 Å². The predicted octanol–water partition coefficient (Wildman–Crippen LogP) is 1.58. The molecule has 0 amide bonds. The summed E-state index contributed by atoms with van der Waals surface area (Å²) in [7, 11) is 2.02. The Labute approximate surface area is 89.6 Å². The molecule has 1 aromatic rings. The van der Waals surface area contributed by atoms with E-state index in [0.29, 0.717) is 5.69 Å². The van der Waals surface area contributed by atoms with Gasteiger partial charge in [0.25, 0.3) is 0 Å². The van der Waals surface area contributed by atoms with Crippen LogP contribution < -0.4 is 4.90 Å². The number of hydrogen-bond donors (Lipinski definition) is 0. The summed E-state index contributed by atoms with van der Waals surface area (Å²) in [6, 6.07) is 3.76. The minimum Gasteiger partial charge on any atom is -0.359 e. The molecule has 1 saturated carbocycles. The molecule has 15 heavy (non-hydrogen) atoms. The fourth-order valence-electron chi connectivity index (χ4n) is 1.77. The lowest BCUT2D eigenvalue weighted by Gasteiger charge is -2.30. The van der Waals surface area contributed by atoms with Crippen molar-refractivity contribution in [1.82, 2.24) is 9.97 Å². The summed E-state index contributed by atoms with van der Waals surface area (Å²) in [6.07, 6.45) is 5.44. The second-order valence-corrected chi connectivity index (χ2v) is 4.05. The summed E-state index contributed by atoms with van der Waals surface area (Å²) in [5, 5.41) is 8.72. The van der Waals surface area contributed by atoms with Crippen LogP contribution in [0.5, 0.6) is 0 Å². The summed E-state index contributed by atoms with van der Waals surface area (Å²) in [4.78, 5) is 10.1. The minimum atomic E-state index is 0.431. The maximum Gasteiger partial charge on any atom is 0.145 e. The first-order valence-corrected chi connectivity index (χ1v) is 5.23. The molecule has 0 bridgehead atoms. The Kier molecular flexibility index (Phi) is 2.82. The van der Waals surface area contributed by atoms with Crippen molar-refractivity contribution in [3.05, 3.63) is 18.1 Å². The Balaban J connectivity index is 2.03. The van der Waals surface area contributed by atoms with Gasteiger partial charge in [-0.15, -0.1) is 0 Å². The SMILES string of the molecule is CN(CC1CCC1)c1cc(C#N)ncn1. The van der Waals surface area contributed by atoms with Gasteiger partial charge in [0.2, 0.25) is 0 Å². The molecular weight excluding hydrogens is 188 g/mol. The van der Waals surface area contributed by atoms with Crippen molar-refractivity contribution in [2.45, 2.75) is 19.3 Å². The first-order chi connectivity index (χ1) is 7.29. The van der Waals surface area contributed by atoms with Crippen molar-refractivity contribution >= 4 is 5.82 Å². The first-order valence-electron chi connectivity index (χ1n) is 5.23. The summed E-state index contributed by atoms with van der Waals surface area (Å²) >= 11 is 0. The number of anilines is 1. The van der Waals surface area contributed by atoms with Gasteiger partial charge in [0.15, 0.2) is 0 Å². The lowest BCUT2D eigenvalue weighted by Crippen LogP contribution is -2.29. The molecule has 1 fully saturated rings. The fraction of sp³-hybridized carbons (Fsp3) is 0.545. The van der Waals surface area contributed by atoms with E-state index in [9.17, 15) is 0 Å². The lowest BCUT2D eigenvalue weighted by molar-refractivity contribution is 0.321. The molecule has 78 valence electrons. The maximum absolute atomic E-state index is 8.72. The van der Waals surface area contributed by atoms with Crippen molar-refractivity contribution in [2.75, 3.05) is 18.5 Å². The van der Waals surface area contributed by atoms with Gasteiger partial charge in [-0.3, -0.25) is 0 Å². The molecular formula is C11H14N4. The highest BCUT2D eigenvalue weighted by Crippen LogP contribution is 2.27. The predicted molar refractivity (Wildman–Crippen MR) is 57.4 cm³/mol. The van der Waals surface area contributed by atoms with Crippen LogP contribution in [-0.4, -0.2) is 23.6 Å². The average molecular weight is 202 g/mol. The monoisotopic (exact) mass is 202 g/mol. The van der Waals surface area contributed by atoms with E-state index >= 15 is 0 Å². The summed E-state index contributed by atoms with van der Waals surface area (Å²) in [5.41, 5.74) is 0.431. The maximum atomic E-state index is 8.72. The zero-order chi connectivity index (χ0) is 10.7. The molecule has 0 atom stereocenters. The van der Waals surface area contributed by atoms with Gasteiger partial charge in [0.05, 0.1) is 0 Å². The Hall–Kier alpha value is -1.63. The molecule has 1 aromatic heterocycles. The van der Waals surface area contributed by atoms with Crippen molar-refractivity contribution in [3.63, 3.8) is 0 Å². The number of nitrogens with zero attached hydrogens (tertiary/aromatic N) is 4. The third kappa shape index (κ3) is 2.24. The van der Waals surface area contributed by atoms with E-state index in [2.05, 4.69) is 14.9 Å². The smallest absolute Gasteiger partial charge is 0.145 e. The molecule has 0 N–H and O–H groups in total. The van der Waals surface area contributed by atoms with Crippen LogP contribution in [-0.2, 0) is 0 Å². The zero-order valence-electron chi connectivity index (χ0n) is 8.85. The second-order valence-electron chi connectivity index (χ2n) is 4.05. The van der Waals surface area contributed by atoms with Crippen LogP contribution in [0, 0.1) is 17.2 Å². The van der Waals surface area contributed by atoms with Gasteiger partial charge in [0.1, 0.15) is 23.9 Å². The second kappa shape index (κ2) is 4.26. The Bertz CT molecular complexity index is 378. The quantitative estimate of drug-likeness (QED) is 0.746. The highest BCUT2D eigenvalue weighted by Gasteiger charge is 2.19. The Morgan fingerprint density at radius 1 is 1.53 bits per heavy atom. The van der Waals surface area contributed by atoms with Crippen LogP contribution in [0.3, 0.4) is 0 Å². The summed E-state index contributed by atoms with van der Waals surface area (Å²) in [5.74, 6) is 1.64. The number of rotatable bonds is 3. The van der Waals surface area contributed by atoms with Crippen molar-refractivity contribution < 1.29 is 0 Å². The van der Waals surface area contributed by atoms with Crippen LogP contribution in [0.1, 0.15) is 25.0 Å². The van der Waals surface area contributed by atoms with Gasteiger partial charge in [-0.1, -0.05) is 6.42 Å². The Morgan fingerprint density at radius 3 is 2.93 bits per heavy atom. The number of aromatic nitrogens is 2. The molecule has 0 saturated heterocycles. The molecule has 4 nitrogen and oxygen atoms in total. The molecule has 1 aliphatic carbocycles.